The second-order valence-corrected chi connectivity index (χ2v) is 7.01. The summed E-state index contributed by atoms with van der Waals surface area (Å²) in [5.41, 5.74) is 1.06. The molecule has 0 spiro atoms. The molecule has 114 valence electrons. The van der Waals surface area contributed by atoms with Crippen molar-refractivity contribution in [3.05, 3.63) is 18.2 Å². The van der Waals surface area contributed by atoms with Crippen molar-refractivity contribution >= 4 is 26.7 Å². The largest absolute Gasteiger partial charge is 0.494 e. The molecule has 1 aliphatic carbocycles. The van der Waals surface area contributed by atoms with Gasteiger partial charge in [0, 0.05) is 6.54 Å². The molecule has 0 aliphatic heterocycles. The van der Waals surface area contributed by atoms with E-state index in [2.05, 4.69) is 23.3 Å². The second kappa shape index (κ2) is 6.65. The van der Waals surface area contributed by atoms with Crippen LogP contribution in [-0.2, 0) is 0 Å². The molecule has 2 unspecified atom stereocenters. The monoisotopic (exact) mass is 304 g/mol. The topological polar surface area (TPSA) is 34.1 Å². The fraction of sp³-hybridized carbons (Fsp3) is 0.588. The minimum Gasteiger partial charge on any atom is -0.494 e. The van der Waals surface area contributed by atoms with Gasteiger partial charge >= 0.3 is 0 Å². The number of benzene rings is 1. The lowest BCUT2D eigenvalue weighted by Crippen LogP contribution is -2.24. The molecule has 2 atom stereocenters. The van der Waals surface area contributed by atoms with Gasteiger partial charge in [-0.2, -0.15) is 0 Å². The van der Waals surface area contributed by atoms with Gasteiger partial charge in [0.15, 0.2) is 5.13 Å². The van der Waals surface area contributed by atoms with Crippen LogP contribution in [0.1, 0.15) is 39.5 Å². The number of hydrogen-bond donors (Lipinski definition) is 1. The summed E-state index contributed by atoms with van der Waals surface area (Å²) in [5, 5.41) is 4.59. The number of nitrogens with zero attached hydrogens (tertiary/aromatic N) is 1. The minimum absolute atomic E-state index is 0.703. The molecule has 4 heteroatoms. The van der Waals surface area contributed by atoms with Crippen LogP contribution in [0.4, 0.5) is 5.13 Å². The summed E-state index contributed by atoms with van der Waals surface area (Å²) in [6.45, 7) is 6.15. The summed E-state index contributed by atoms with van der Waals surface area (Å²) < 4.78 is 6.75. The zero-order chi connectivity index (χ0) is 14.7. The Hall–Kier alpha value is -1.29. The van der Waals surface area contributed by atoms with Gasteiger partial charge < -0.3 is 10.1 Å². The first-order chi connectivity index (χ1) is 10.3. The van der Waals surface area contributed by atoms with Crippen molar-refractivity contribution in [3.8, 4) is 5.75 Å². The Kier molecular flexibility index (Phi) is 4.63. The van der Waals surface area contributed by atoms with E-state index in [0.717, 1.165) is 34.8 Å². The van der Waals surface area contributed by atoms with Gasteiger partial charge in [0.25, 0.3) is 0 Å². The van der Waals surface area contributed by atoms with Crippen molar-refractivity contribution in [3.63, 3.8) is 0 Å². The average molecular weight is 304 g/mol. The third kappa shape index (κ3) is 3.49. The first-order valence-electron chi connectivity index (χ1n) is 8.03. The normalized spacial score (nSPS) is 22.4. The van der Waals surface area contributed by atoms with Crippen molar-refractivity contribution in [2.75, 3.05) is 18.5 Å². The molecule has 0 radical (unpaired) electrons. The van der Waals surface area contributed by atoms with Gasteiger partial charge in [-0.05, 0) is 43.4 Å². The lowest BCUT2D eigenvalue weighted by Gasteiger charge is -2.28. The second-order valence-electron chi connectivity index (χ2n) is 5.98. The van der Waals surface area contributed by atoms with E-state index in [-0.39, 0.29) is 0 Å². The highest BCUT2D eigenvalue weighted by Crippen LogP contribution is 2.32. The van der Waals surface area contributed by atoms with Crippen molar-refractivity contribution in [1.29, 1.82) is 0 Å². The maximum absolute atomic E-state index is 5.55. The molecule has 0 saturated heterocycles. The number of thiazole rings is 1. The van der Waals surface area contributed by atoms with Crippen LogP contribution >= 0.6 is 11.3 Å². The molecule has 1 aromatic heterocycles. The van der Waals surface area contributed by atoms with E-state index in [0.29, 0.717) is 6.61 Å². The molecule has 1 aromatic carbocycles. The van der Waals surface area contributed by atoms with Crippen LogP contribution in [0.2, 0.25) is 0 Å². The quantitative estimate of drug-likeness (QED) is 0.850. The van der Waals surface area contributed by atoms with Crippen LogP contribution in [0.25, 0.3) is 10.2 Å². The highest BCUT2D eigenvalue weighted by atomic mass is 32.1. The Morgan fingerprint density at radius 2 is 2.19 bits per heavy atom. The van der Waals surface area contributed by atoms with Crippen molar-refractivity contribution < 1.29 is 4.74 Å². The number of rotatable bonds is 5. The highest BCUT2D eigenvalue weighted by molar-refractivity contribution is 7.22. The maximum Gasteiger partial charge on any atom is 0.183 e. The van der Waals surface area contributed by atoms with Crippen LogP contribution in [0, 0.1) is 11.8 Å². The van der Waals surface area contributed by atoms with Crippen LogP contribution in [0.5, 0.6) is 5.75 Å². The van der Waals surface area contributed by atoms with E-state index in [1.165, 1.54) is 30.4 Å². The predicted molar refractivity (Wildman–Crippen MR) is 90.4 cm³/mol. The van der Waals surface area contributed by atoms with Gasteiger partial charge in [0.2, 0.25) is 0 Å². The zero-order valence-corrected chi connectivity index (χ0v) is 13.7. The molecular weight excluding hydrogens is 280 g/mol. The van der Waals surface area contributed by atoms with E-state index in [9.17, 15) is 0 Å². The van der Waals surface area contributed by atoms with E-state index in [1.54, 1.807) is 11.3 Å². The average Bonchev–Trinajstić information content (AvgIpc) is 2.89. The lowest BCUT2D eigenvalue weighted by molar-refractivity contribution is 0.268. The fourth-order valence-corrected chi connectivity index (χ4v) is 4.05. The maximum atomic E-state index is 5.55. The van der Waals surface area contributed by atoms with Crippen LogP contribution in [0.3, 0.4) is 0 Å². The van der Waals surface area contributed by atoms with Crippen LogP contribution in [-0.4, -0.2) is 18.1 Å². The lowest BCUT2D eigenvalue weighted by atomic mass is 9.80. The summed E-state index contributed by atoms with van der Waals surface area (Å²) in [4.78, 5) is 4.68. The zero-order valence-electron chi connectivity index (χ0n) is 12.9. The fourth-order valence-electron chi connectivity index (χ4n) is 3.15. The minimum atomic E-state index is 0.703. The molecule has 1 saturated carbocycles. The Morgan fingerprint density at radius 1 is 1.33 bits per heavy atom. The summed E-state index contributed by atoms with van der Waals surface area (Å²) in [5.74, 6) is 2.57. The summed E-state index contributed by atoms with van der Waals surface area (Å²) in [6, 6.07) is 6.13. The molecule has 3 nitrogen and oxygen atoms in total. The third-order valence-electron chi connectivity index (χ3n) is 4.48. The first-order valence-corrected chi connectivity index (χ1v) is 8.85. The van der Waals surface area contributed by atoms with E-state index < -0.39 is 0 Å². The molecule has 21 heavy (non-hydrogen) atoms. The molecule has 1 N–H and O–H groups in total. The molecule has 0 bridgehead atoms. The van der Waals surface area contributed by atoms with Crippen molar-refractivity contribution in [1.82, 2.24) is 4.98 Å². The Bertz CT molecular complexity index is 595. The van der Waals surface area contributed by atoms with Crippen molar-refractivity contribution in [2.45, 2.75) is 39.5 Å². The number of aromatic nitrogens is 1. The van der Waals surface area contributed by atoms with Crippen LogP contribution in [0.15, 0.2) is 18.2 Å². The molecule has 0 amide bonds. The molecule has 3 rings (SSSR count). The highest BCUT2D eigenvalue weighted by Gasteiger charge is 2.21. The number of ether oxygens (including phenoxy) is 1. The summed E-state index contributed by atoms with van der Waals surface area (Å²) in [6.07, 6.45) is 5.52. The van der Waals surface area contributed by atoms with Gasteiger partial charge in [0.1, 0.15) is 5.75 Å². The van der Waals surface area contributed by atoms with Gasteiger partial charge in [-0.25, -0.2) is 4.98 Å². The van der Waals surface area contributed by atoms with Crippen molar-refractivity contribution in [2.24, 2.45) is 11.8 Å². The third-order valence-corrected chi connectivity index (χ3v) is 5.45. The first kappa shape index (κ1) is 14.6. The Labute approximate surface area is 130 Å². The molecular formula is C17H24N2OS. The molecule has 1 aliphatic rings. The molecule has 1 fully saturated rings. The summed E-state index contributed by atoms with van der Waals surface area (Å²) >= 11 is 1.72. The van der Waals surface area contributed by atoms with Gasteiger partial charge in [0.05, 0.1) is 16.8 Å². The smallest absolute Gasteiger partial charge is 0.183 e. The Morgan fingerprint density at radius 3 is 3.00 bits per heavy atom. The SMILES string of the molecule is CCOc1ccc2nc(NCC3CCCCC3C)sc2c1. The van der Waals surface area contributed by atoms with E-state index in [4.69, 9.17) is 4.74 Å². The summed E-state index contributed by atoms with van der Waals surface area (Å²) in [7, 11) is 0. The Balaban J connectivity index is 1.66. The number of nitrogens with one attached hydrogen (secondary N) is 1. The van der Waals surface area contributed by atoms with Gasteiger partial charge in [-0.3, -0.25) is 0 Å². The van der Waals surface area contributed by atoms with Gasteiger partial charge in [-0.1, -0.05) is 37.5 Å². The van der Waals surface area contributed by atoms with E-state index >= 15 is 0 Å². The number of fused-ring (bicyclic) bond motifs is 1. The van der Waals surface area contributed by atoms with E-state index in [1.807, 2.05) is 19.1 Å². The molecule has 2 aromatic rings. The molecule has 1 heterocycles. The van der Waals surface area contributed by atoms with Gasteiger partial charge in [-0.15, -0.1) is 0 Å². The number of hydrogen-bond acceptors (Lipinski definition) is 4. The van der Waals surface area contributed by atoms with Crippen LogP contribution < -0.4 is 10.1 Å². The predicted octanol–water partition coefficient (Wildman–Crippen LogP) is 4.93. The number of anilines is 1. The standard InChI is InChI=1S/C17H24N2OS/c1-3-20-14-8-9-15-16(10-14)21-17(19-15)18-11-13-7-5-4-6-12(13)2/h8-10,12-13H,3-7,11H2,1-2H3,(H,18,19).